The lowest BCUT2D eigenvalue weighted by Gasteiger charge is -2.14. The van der Waals surface area contributed by atoms with Gasteiger partial charge in [0.2, 0.25) is 0 Å². The third kappa shape index (κ3) is 2.49. The van der Waals surface area contributed by atoms with Crippen LogP contribution in [-0.2, 0) is 20.4 Å². The molecule has 1 unspecified atom stereocenters. The van der Waals surface area contributed by atoms with Gasteiger partial charge >= 0.3 is 0 Å². The van der Waals surface area contributed by atoms with Crippen molar-refractivity contribution in [2.24, 2.45) is 0 Å². The number of hydrogen-bond acceptors (Lipinski definition) is 3. The molecule has 1 aromatic rings. The second kappa shape index (κ2) is 5.05. The summed E-state index contributed by atoms with van der Waals surface area (Å²) in [6.45, 7) is 5.04. The van der Waals surface area contributed by atoms with Gasteiger partial charge in [-0.1, -0.05) is 17.7 Å². The van der Waals surface area contributed by atoms with Crippen LogP contribution in [0.4, 0.5) is 0 Å². The van der Waals surface area contributed by atoms with E-state index in [-0.39, 0.29) is 22.0 Å². The van der Waals surface area contributed by atoms with Gasteiger partial charge in [0.15, 0.2) is 11.6 Å². The van der Waals surface area contributed by atoms with Crippen LogP contribution in [-0.4, -0.2) is 15.8 Å². The summed E-state index contributed by atoms with van der Waals surface area (Å²) in [7, 11) is -1.61. The van der Waals surface area contributed by atoms with Gasteiger partial charge in [0.1, 0.15) is 0 Å². The largest absolute Gasteiger partial charge is 0.290 e. The molecule has 0 amide bonds. The quantitative estimate of drug-likeness (QED) is 0.778. The SMILES string of the molecule is CC1=CC(=O)C(C)=C(S(=O)c2ccc(C)cc2)C1=O. The topological polar surface area (TPSA) is 51.2 Å². The zero-order valence-electron chi connectivity index (χ0n) is 11.0. The van der Waals surface area contributed by atoms with Gasteiger partial charge < -0.3 is 0 Å². The second-order valence-electron chi connectivity index (χ2n) is 4.56. The van der Waals surface area contributed by atoms with Gasteiger partial charge in [0.05, 0.1) is 15.7 Å². The van der Waals surface area contributed by atoms with Gasteiger partial charge in [-0.3, -0.25) is 9.59 Å². The maximum Gasteiger partial charge on any atom is 0.198 e. The molecule has 19 heavy (non-hydrogen) atoms. The number of carbonyl (C=O) groups excluding carboxylic acids is 2. The molecule has 0 aromatic heterocycles. The molecule has 0 bridgehead atoms. The Morgan fingerprint density at radius 2 is 1.53 bits per heavy atom. The molecule has 0 radical (unpaired) electrons. The Bertz CT molecular complexity index is 648. The van der Waals surface area contributed by atoms with E-state index in [0.29, 0.717) is 10.5 Å². The predicted octanol–water partition coefficient (Wildman–Crippen LogP) is 2.47. The van der Waals surface area contributed by atoms with Crippen LogP contribution in [0.2, 0.25) is 0 Å². The minimum atomic E-state index is -1.61. The van der Waals surface area contributed by atoms with E-state index in [9.17, 15) is 13.8 Å². The molecule has 98 valence electrons. The maximum absolute atomic E-state index is 12.5. The van der Waals surface area contributed by atoms with Crippen LogP contribution in [0.25, 0.3) is 0 Å². The van der Waals surface area contributed by atoms with Gasteiger partial charge in [0.25, 0.3) is 0 Å². The Morgan fingerprint density at radius 1 is 0.947 bits per heavy atom. The third-order valence-electron chi connectivity index (χ3n) is 3.04. The molecule has 1 aliphatic carbocycles. The van der Waals surface area contributed by atoms with E-state index in [2.05, 4.69) is 0 Å². The van der Waals surface area contributed by atoms with Crippen LogP contribution < -0.4 is 0 Å². The number of carbonyl (C=O) groups is 2. The molecule has 1 aliphatic rings. The highest BCUT2D eigenvalue weighted by Crippen LogP contribution is 2.25. The summed E-state index contributed by atoms with van der Waals surface area (Å²) in [6.07, 6.45) is 1.30. The Kier molecular flexibility index (Phi) is 3.62. The fraction of sp³-hybridized carbons (Fsp3) is 0.200. The Labute approximate surface area is 114 Å². The fourth-order valence-corrected chi connectivity index (χ4v) is 3.16. The average Bonchev–Trinajstić information content (AvgIpc) is 2.37. The first-order valence-electron chi connectivity index (χ1n) is 5.88. The zero-order chi connectivity index (χ0) is 14.2. The van der Waals surface area contributed by atoms with Crippen molar-refractivity contribution in [3.63, 3.8) is 0 Å². The van der Waals surface area contributed by atoms with Crippen molar-refractivity contribution in [3.8, 4) is 0 Å². The Morgan fingerprint density at radius 3 is 2.11 bits per heavy atom. The molecular weight excluding hydrogens is 260 g/mol. The number of ketones is 2. The van der Waals surface area contributed by atoms with Gasteiger partial charge in [-0.2, -0.15) is 0 Å². The van der Waals surface area contributed by atoms with E-state index >= 15 is 0 Å². The van der Waals surface area contributed by atoms with Crippen molar-refractivity contribution in [1.29, 1.82) is 0 Å². The number of benzene rings is 1. The summed E-state index contributed by atoms with van der Waals surface area (Å²) < 4.78 is 12.5. The van der Waals surface area contributed by atoms with E-state index in [1.165, 1.54) is 6.08 Å². The summed E-state index contributed by atoms with van der Waals surface area (Å²) in [5, 5.41) is 0. The molecule has 1 atom stereocenters. The molecular formula is C15H14O3S. The molecule has 0 saturated carbocycles. The minimum absolute atomic E-state index is 0.105. The van der Waals surface area contributed by atoms with E-state index in [4.69, 9.17) is 0 Å². The first-order chi connectivity index (χ1) is 8.91. The highest BCUT2D eigenvalue weighted by molar-refractivity contribution is 7.90. The molecule has 0 aliphatic heterocycles. The van der Waals surface area contributed by atoms with E-state index in [0.717, 1.165) is 5.56 Å². The zero-order valence-corrected chi connectivity index (χ0v) is 11.8. The van der Waals surface area contributed by atoms with E-state index < -0.39 is 10.8 Å². The van der Waals surface area contributed by atoms with Crippen molar-refractivity contribution in [2.75, 3.05) is 0 Å². The summed E-state index contributed by atoms with van der Waals surface area (Å²) in [5.74, 6) is -0.552. The normalized spacial score (nSPS) is 17.5. The molecule has 3 nitrogen and oxygen atoms in total. The number of aryl methyl sites for hydroxylation is 1. The smallest absolute Gasteiger partial charge is 0.198 e. The average molecular weight is 274 g/mol. The molecule has 0 fully saturated rings. The van der Waals surface area contributed by atoms with Crippen LogP contribution in [0, 0.1) is 6.92 Å². The fourth-order valence-electron chi connectivity index (χ4n) is 1.83. The number of rotatable bonds is 2. The van der Waals surface area contributed by atoms with Crippen LogP contribution in [0.15, 0.2) is 51.3 Å². The van der Waals surface area contributed by atoms with Crippen LogP contribution >= 0.6 is 0 Å². The molecule has 4 heteroatoms. The predicted molar refractivity (Wildman–Crippen MR) is 74.1 cm³/mol. The van der Waals surface area contributed by atoms with Crippen molar-refractivity contribution in [2.45, 2.75) is 25.7 Å². The Balaban J connectivity index is 2.48. The van der Waals surface area contributed by atoms with Crippen molar-refractivity contribution < 1.29 is 13.8 Å². The lowest BCUT2D eigenvalue weighted by atomic mass is 9.99. The Hall–Kier alpha value is -1.81. The number of hydrogen-bond donors (Lipinski definition) is 0. The van der Waals surface area contributed by atoms with Gasteiger partial charge in [-0.05, 0) is 39.0 Å². The summed E-state index contributed by atoms with van der Waals surface area (Å²) in [5.41, 5.74) is 1.66. The standard InChI is InChI=1S/C15H14O3S/c1-9-4-6-12(7-5-9)19(18)15-11(3)13(16)8-10(2)14(15)17/h4-8H,1-3H3. The van der Waals surface area contributed by atoms with E-state index in [1.54, 1.807) is 26.0 Å². The van der Waals surface area contributed by atoms with Gasteiger partial charge in [-0.25, -0.2) is 4.21 Å². The summed E-state index contributed by atoms with van der Waals surface area (Å²) in [4.78, 5) is 24.5. The van der Waals surface area contributed by atoms with Crippen LogP contribution in [0.3, 0.4) is 0 Å². The molecule has 1 aromatic carbocycles. The molecule has 2 rings (SSSR count). The highest BCUT2D eigenvalue weighted by Gasteiger charge is 2.28. The van der Waals surface area contributed by atoms with Crippen LogP contribution in [0.1, 0.15) is 19.4 Å². The van der Waals surface area contributed by atoms with Crippen molar-refractivity contribution in [3.05, 3.63) is 52.0 Å². The monoisotopic (exact) mass is 274 g/mol. The molecule has 0 N–H and O–H groups in total. The molecule has 0 heterocycles. The number of allylic oxidation sites excluding steroid dienone is 4. The first-order valence-corrected chi connectivity index (χ1v) is 7.03. The minimum Gasteiger partial charge on any atom is -0.290 e. The highest BCUT2D eigenvalue weighted by atomic mass is 32.2. The summed E-state index contributed by atoms with van der Waals surface area (Å²) >= 11 is 0. The molecule has 0 saturated heterocycles. The van der Waals surface area contributed by atoms with Crippen molar-refractivity contribution >= 4 is 22.4 Å². The van der Waals surface area contributed by atoms with Crippen LogP contribution in [0.5, 0.6) is 0 Å². The van der Waals surface area contributed by atoms with Crippen molar-refractivity contribution in [1.82, 2.24) is 0 Å². The van der Waals surface area contributed by atoms with Gasteiger partial charge in [0, 0.05) is 16.0 Å². The summed E-state index contributed by atoms with van der Waals surface area (Å²) in [6, 6.07) is 7.11. The third-order valence-corrected chi connectivity index (χ3v) is 4.61. The molecule has 0 spiro atoms. The lowest BCUT2D eigenvalue weighted by Crippen LogP contribution is -2.20. The van der Waals surface area contributed by atoms with E-state index in [1.807, 2.05) is 19.1 Å². The second-order valence-corrected chi connectivity index (χ2v) is 5.97. The number of Topliss-reactive ketones (excluding diaryl/α,β-unsaturated/α-hetero) is 1. The lowest BCUT2D eigenvalue weighted by molar-refractivity contribution is -0.115. The van der Waals surface area contributed by atoms with Gasteiger partial charge in [-0.15, -0.1) is 0 Å². The first kappa shape index (κ1) is 13.6. The maximum atomic E-state index is 12.5.